The Morgan fingerprint density at radius 1 is 1.31 bits per heavy atom. The average Bonchev–Trinajstić information content (AvgIpc) is 2.25. The Kier molecular flexibility index (Phi) is 3.49. The SMILES string of the molecule is Cc1ccc(NC2CCNCC2C)c(C)c1. The molecule has 88 valence electrons. The maximum atomic E-state index is 3.69. The molecule has 16 heavy (non-hydrogen) atoms. The molecule has 1 aromatic carbocycles. The van der Waals surface area contributed by atoms with Crippen molar-refractivity contribution < 1.29 is 0 Å². The second kappa shape index (κ2) is 4.88. The molecular formula is C14H22N2. The van der Waals surface area contributed by atoms with Crippen molar-refractivity contribution in [1.82, 2.24) is 5.32 Å². The van der Waals surface area contributed by atoms with Crippen molar-refractivity contribution >= 4 is 5.69 Å². The molecule has 2 unspecified atom stereocenters. The van der Waals surface area contributed by atoms with Gasteiger partial charge in [0.15, 0.2) is 0 Å². The second-order valence-electron chi connectivity index (χ2n) is 5.04. The number of rotatable bonds is 2. The first-order valence-corrected chi connectivity index (χ1v) is 6.21. The third-order valence-corrected chi connectivity index (χ3v) is 3.51. The van der Waals surface area contributed by atoms with Crippen LogP contribution in [0.2, 0.25) is 0 Å². The zero-order valence-electron chi connectivity index (χ0n) is 10.5. The Morgan fingerprint density at radius 3 is 2.81 bits per heavy atom. The van der Waals surface area contributed by atoms with E-state index in [1.54, 1.807) is 0 Å². The van der Waals surface area contributed by atoms with Crippen molar-refractivity contribution in [3.05, 3.63) is 29.3 Å². The fourth-order valence-electron chi connectivity index (χ4n) is 2.40. The maximum Gasteiger partial charge on any atom is 0.0372 e. The second-order valence-corrected chi connectivity index (χ2v) is 5.04. The number of anilines is 1. The van der Waals surface area contributed by atoms with Gasteiger partial charge < -0.3 is 10.6 Å². The van der Waals surface area contributed by atoms with Gasteiger partial charge in [0.1, 0.15) is 0 Å². The molecule has 2 heteroatoms. The molecule has 1 aliphatic heterocycles. The molecule has 2 rings (SSSR count). The minimum atomic E-state index is 0.614. The summed E-state index contributed by atoms with van der Waals surface area (Å²) in [6, 6.07) is 7.25. The van der Waals surface area contributed by atoms with Crippen LogP contribution < -0.4 is 10.6 Å². The lowest BCUT2D eigenvalue weighted by Gasteiger charge is -2.31. The van der Waals surface area contributed by atoms with Gasteiger partial charge in [-0.15, -0.1) is 0 Å². The molecule has 1 heterocycles. The van der Waals surface area contributed by atoms with Crippen LogP contribution in [0.1, 0.15) is 24.5 Å². The van der Waals surface area contributed by atoms with E-state index in [0.717, 1.165) is 13.1 Å². The maximum absolute atomic E-state index is 3.69. The highest BCUT2D eigenvalue weighted by Crippen LogP contribution is 2.21. The van der Waals surface area contributed by atoms with Gasteiger partial charge in [0.25, 0.3) is 0 Å². The Hall–Kier alpha value is -1.02. The van der Waals surface area contributed by atoms with Crippen LogP contribution >= 0.6 is 0 Å². The van der Waals surface area contributed by atoms with E-state index in [0.29, 0.717) is 12.0 Å². The highest BCUT2D eigenvalue weighted by atomic mass is 15.0. The zero-order chi connectivity index (χ0) is 11.5. The zero-order valence-corrected chi connectivity index (χ0v) is 10.5. The van der Waals surface area contributed by atoms with E-state index in [4.69, 9.17) is 0 Å². The van der Waals surface area contributed by atoms with Gasteiger partial charge in [0.2, 0.25) is 0 Å². The summed E-state index contributed by atoms with van der Waals surface area (Å²) in [5, 5.41) is 7.12. The molecule has 0 aromatic heterocycles. The predicted octanol–water partition coefficient (Wildman–Crippen LogP) is 2.71. The van der Waals surface area contributed by atoms with E-state index in [9.17, 15) is 0 Å². The van der Waals surface area contributed by atoms with Gasteiger partial charge in [-0.1, -0.05) is 24.6 Å². The summed E-state index contributed by atoms with van der Waals surface area (Å²) in [7, 11) is 0. The number of nitrogens with one attached hydrogen (secondary N) is 2. The van der Waals surface area contributed by atoms with E-state index in [2.05, 4.69) is 49.6 Å². The van der Waals surface area contributed by atoms with E-state index >= 15 is 0 Å². The van der Waals surface area contributed by atoms with Crippen LogP contribution in [0.15, 0.2) is 18.2 Å². The monoisotopic (exact) mass is 218 g/mol. The average molecular weight is 218 g/mol. The van der Waals surface area contributed by atoms with Gasteiger partial charge in [-0.2, -0.15) is 0 Å². The lowest BCUT2D eigenvalue weighted by Crippen LogP contribution is -2.42. The van der Waals surface area contributed by atoms with E-state index < -0.39 is 0 Å². The third kappa shape index (κ3) is 2.56. The molecule has 0 saturated carbocycles. The van der Waals surface area contributed by atoms with Gasteiger partial charge in [-0.25, -0.2) is 0 Å². The number of hydrogen-bond acceptors (Lipinski definition) is 2. The first kappa shape index (κ1) is 11.5. The Morgan fingerprint density at radius 2 is 2.12 bits per heavy atom. The van der Waals surface area contributed by atoms with Crippen LogP contribution in [0.25, 0.3) is 0 Å². The van der Waals surface area contributed by atoms with Gasteiger partial charge in [-0.3, -0.25) is 0 Å². The minimum absolute atomic E-state index is 0.614. The van der Waals surface area contributed by atoms with E-state index in [1.807, 2.05) is 0 Å². The molecule has 2 nitrogen and oxygen atoms in total. The van der Waals surface area contributed by atoms with Gasteiger partial charge >= 0.3 is 0 Å². The molecule has 0 aliphatic carbocycles. The van der Waals surface area contributed by atoms with E-state index in [1.165, 1.54) is 23.2 Å². The molecule has 0 amide bonds. The normalized spacial score (nSPS) is 25.4. The number of hydrogen-bond donors (Lipinski definition) is 2. The van der Waals surface area contributed by atoms with E-state index in [-0.39, 0.29) is 0 Å². The Balaban J connectivity index is 2.07. The van der Waals surface area contributed by atoms with Crippen molar-refractivity contribution in [2.24, 2.45) is 5.92 Å². The van der Waals surface area contributed by atoms with Crippen LogP contribution in [0.4, 0.5) is 5.69 Å². The van der Waals surface area contributed by atoms with Crippen LogP contribution in [-0.2, 0) is 0 Å². The molecule has 0 radical (unpaired) electrons. The standard InChI is InChI=1S/C14H22N2/c1-10-4-5-13(11(2)8-10)16-14-6-7-15-9-12(14)3/h4-5,8,12,14-16H,6-7,9H2,1-3H3. The molecule has 2 N–H and O–H groups in total. The number of aryl methyl sites for hydroxylation is 2. The van der Waals surface area contributed by atoms with Crippen molar-refractivity contribution in [3.8, 4) is 0 Å². The first-order chi connectivity index (χ1) is 7.66. The van der Waals surface area contributed by atoms with Gasteiger partial charge in [0, 0.05) is 11.7 Å². The molecule has 1 aliphatic rings. The number of benzene rings is 1. The first-order valence-electron chi connectivity index (χ1n) is 6.21. The summed E-state index contributed by atoms with van der Waals surface area (Å²) in [5.41, 5.74) is 3.98. The smallest absolute Gasteiger partial charge is 0.0372 e. The van der Waals surface area contributed by atoms with Crippen molar-refractivity contribution in [1.29, 1.82) is 0 Å². The van der Waals surface area contributed by atoms with Crippen molar-refractivity contribution in [2.45, 2.75) is 33.2 Å². The molecule has 0 bridgehead atoms. The summed E-state index contributed by atoms with van der Waals surface area (Å²) >= 11 is 0. The number of piperidine rings is 1. The fraction of sp³-hybridized carbons (Fsp3) is 0.571. The molecular weight excluding hydrogens is 196 g/mol. The molecule has 0 spiro atoms. The highest BCUT2D eigenvalue weighted by molar-refractivity contribution is 5.52. The Bertz CT molecular complexity index is 360. The molecule has 1 aromatic rings. The van der Waals surface area contributed by atoms with Crippen LogP contribution in [-0.4, -0.2) is 19.1 Å². The lowest BCUT2D eigenvalue weighted by atomic mass is 9.94. The summed E-state index contributed by atoms with van der Waals surface area (Å²) in [5.74, 6) is 0.703. The molecule has 1 saturated heterocycles. The summed E-state index contributed by atoms with van der Waals surface area (Å²) in [6.07, 6.45) is 1.22. The van der Waals surface area contributed by atoms with Crippen molar-refractivity contribution in [2.75, 3.05) is 18.4 Å². The van der Waals surface area contributed by atoms with Crippen LogP contribution in [0.5, 0.6) is 0 Å². The summed E-state index contributed by atoms with van der Waals surface area (Å²) in [4.78, 5) is 0. The minimum Gasteiger partial charge on any atom is -0.382 e. The lowest BCUT2D eigenvalue weighted by molar-refractivity contribution is 0.368. The molecule has 2 atom stereocenters. The van der Waals surface area contributed by atoms with Crippen molar-refractivity contribution in [3.63, 3.8) is 0 Å². The quantitative estimate of drug-likeness (QED) is 0.797. The highest BCUT2D eigenvalue weighted by Gasteiger charge is 2.20. The van der Waals surface area contributed by atoms with Gasteiger partial charge in [-0.05, 0) is 50.9 Å². The van der Waals surface area contributed by atoms with Crippen LogP contribution in [0.3, 0.4) is 0 Å². The predicted molar refractivity (Wildman–Crippen MR) is 70.0 cm³/mol. The topological polar surface area (TPSA) is 24.1 Å². The summed E-state index contributed by atoms with van der Waals surface area (Å²) < 4.78 is 0. The van der Waals surface area contributed by atoms with Gasteiger partial charge in [0.05, 0.1) is 0 Å². The van der Waals surface area contributed by atoms with Crippen LogP contribution in [0, 0.1) is 19.8 Å². The Labute approximate surface area is 98.4 Å². The largest absolute Gasteiger partial charge is 0.382 e. The third-order valence-electron chi connectivity index (χ3n) is 3.51. The molecule has 1 fully saturated rings. The fourth-order valence-corrected chi connectivity index (χ4v) is 2.40. The summed E-state index contributed by atoms with van der Waals surface area (Å²) in [6.45, 7) is 8.90.